The van der Waals surface area contributed by atoms with E-state index in [9.17, 15) is 0 Å². The minimum absolute atomic E-state index is 0. The molecule has 5 aromatic rings. The van der Waals surface area contributed by atoms with Gasteiger partial charge in [-0.2, -0.15) is 0 Å². The predicted octanol–water partition coefficient (Wildman–Crippen LogP) is 18.5. The van der Waals surface area contributed by atoms with Crippen molar-refractivity contribution in [1.82, 2.24) is 0 Å². The van der Waals surface area contributed by atoms with Gasteiger partial charge in [0.25, 0.3) is 0 Å². The Balaban J connectivity index is 0. The van der Waals surface area contributed by atoms with Gasteiger partial charge in [0.1, 0.15) is 11.5 Å². The molecule has 0 aliphatic carbocycles. The molecule has 5 rings (SSSR count). The first-order chi connectivity index (χ1) is 31.8. The molecule has 6 nitrogen and oxygen atoms in total. The molecule has 0 aliphatic rings. The largest absolute Gasteiger partial charge is 0.497 e. The summed E-state index contributed by atoms with van der Waals surface area (Å²) in [5, 5.41) is 6.27. The molecular formula is C61H101BrN4O2P2Pd+2. The Labute approximate surface area is 461 Å². The van der Waals surface area contributed by atoms with Gasteiger partial charge in [-0.25, -0.2) is 0 Å². The van der Waals surface area contributed by atoms with Crippen molar-refractivity contribution >= 4 is 60.2 Å². The minimum atomic E-state index is -0.391. The van der Waals surface area contributed by atoms with Crippen molar-refractivity contribution in [2.24, 2.45) is 0 Å². The van der Waals surface area contributed by atoms with Crippen molar-refractivity contribution in [3.8, 4) is 11.5 Å². The van der Waals surface area contributed by atoms with E-state index in [-0.39, 0.29) is 20.4 Å². The second kappa shape index (κ2) is 31.6. The predicted molar refractivity (Wildman–Crippen MR) is 329 cm³/mol. The molecule has 0 saturated heterocycles. The van der Waals surface area contributed by atoms with E-state index in [2.05, 4.69) is 211 Å². The zero-order chi connectivity index (χ0) is 54.5. The van der Waals surface area contributed by atoms with Crippen LogP contribution in [0, 0.1) is 6.92 Å². The van der Waals surface area contributed by atoms with Gasteiger partial charge in [-0.05, 0) is 204 Å². The fraction of sp³-hybridized carbons (Fsp3) is 0.508. The van der Waals surface area contributed by atoms with Crippen LogP contribution >= 0.6 is 31.8 Å². The Morgan fingerprint density at radius 1 is 0.437 bits per heavy atom. The number of aryl methyl sites for hydroxylation is 1. The van der Waals surface area contributed by atoms with Crippen LogP contribution in [0.3, 0.4) is 0 Å². The Morgan fingerprint density at radius 3 is 1.04 bits per heavy atom. The molecule has 5 aromatic carbocycles. The zero-order valence-electron chi connectivity index (χ0n) is 49.1. The molecule has 402 valence electrons. The second-order valence-electron chi connectivity index (χ2n) is 24.4. The normalized spacial score (nSPS) is 11.4. The molecule has 0 aliphatic heterocycles. The molecule has 0 radical (unpaired) electrons. The van der Waals surface area contributed by atoms with Gasteiger partial charge in [0.2, 0.25) is 0 Å². The molecule has 3 N–H and O–H groups in total. The summed E-state index contributed by atoms with van der Waals surface area (Å²) in [5.74, 6) is 1.65. The van der Waals surface area contributed by atoms with E-state index in [4.69, 9.17) is 15.2 Å². The fourth-order valence-corrected chi connectivity index (χ4v) is 24.1. The van der Waals surface area contributed by atoms with Gasteiger partial charge in [0, 0.05) is 109 Å². The summed E-state index contributed by atoms with van der Waals surface area (Å²) in [4.78, 5) is 4.15. The maximum Gasteiger partial charge on any atom is 0.120 e. The number of benzene rings is 5. The van der Waals surface area contributed by atoms with E-state index in [0.717, 1.165) is 33.0 Å². The van der Waals surface area contributed by atoms with E-state index in [1.807, 2.05) is 101 Å². The summed E-state index contributed by atoms with van der Waals surface area (Å²) < 4.78 is 11.2. The van der Waals surface area contributed by atoms with Crippen LogP contribution in [-0.2, 0) is 20.4 Å². The smallest absolute Gasteiger partial charge is 0.120 e. The van der Waals surface area contributed by atoms with Gasteiger partial charge in [0.05, 0.1) is 45.2 Å². The Bertz CT molecular complexity index is 2050. The van der Waals surface area contributed by atoms with Crippen molar-refractivity contribution in [2.45, 2.75) is 162 Å². The topological polar surface area (TPSA) is 63.0 Å². The van der Waals surface area contributed by atoms with Crippen LogP contribution in [-0.4, -0.2) is 73.3 Å². The van der Waals surface area contributed by atoms with Gasteiger partial charge in [0.15, 0.2) is 0 Å². The van der Waals surface area contributed by atoms with E-state index >= 15 is 0 Å². The molecule has 71 heavy (non-hydrogen) atoms. The van der Waals surface area contributed by atoms with Crippen molar-refractivity contribution in [3.05, 3.63) is 137 Å². The number of hydrogen-bond donors (Lipinski definition) is 2. The Hall–Kier alpha value is -3.10. The molecule has 0 atom stereocenters. The van der Waals surface area contributed by atoms with Crippen LogP contribution in [0.2, 0.25) is 0 Å². The van der Waals surface area contributed by atoms with Gasteiger partial charge in [-0.15, -0.1) is 0 Å². The van der Waals surface area contributed by atoms with Crippen LogP contribution < -0.4 is 30.3 Å². The number of halogens is 1. The number of ether oxygens (including phenoxy) is 2. The first kappa shape index (κ1) is 70.0. The van der Waals surface area contributed by atoms with E-state index in [1.165, 1.54) is 16.9 Å². The average Bonchev–Trinajstić information content (AvgIpc) is 3.19. The van der Waals surface area contributed by atoms with Crippen LogP contribution in [0.5, 0.6) is 11.5 Å². The summed E-state index contributed by atoms with van der Waals surface area (Å²) in [6.07, 6.45) is 0. The minimum Gasteiger partial charge on any atom is -0.497 e. The molecular weight excluding hydrogens is 1070 g/mol. The summed E-state index contributed by atoms with van der Waals surface area (Å²) in [5.41, 5.74) is 12.0. The molecule has 0 saturated carbocycles. The molecule has 10 heteroatoms. The second-order valence-corrected chi connectivity index (χ2v) is 35.8. The molecule has 0 aromatic heterocycles. The SMILES string of the molecule is CC(C)(C)[PH+](C(C)(C)C)C(C)(C)C.CC(C)(C)[PH+](C(C)(C)C)C(C)(C)C.CN(C)c1ccc(Br)cc1.COc1cccc(N)c1.COc1cccc(Nc2ccc(N(C)C)cc2)c1.Cc1ccccc1.[Pd]. The molecule has 0 fully saturated rings. The fourth-order valence-electron chi connectivity index (χ4n) is 10.4. The number of nitrogens with one attached hydrogen (secondary N) is 1. The average molecular weight is 1170 g/mol. The van der Waals surface area contributed by atoms with Crippen molar-refractivity contribution in [2.75, 3.05) is 63.3 Å². The number of anilines is 5. The maximum absolute atomic E-state index is 5.45. The Kier molecular flexibility index (Phi) is 31.1. The number of rotatable bonds is 6. The zero-order valence-corrected chi connectivity index (χ0v) is 54.2. The first-order valence-corrected chi connectivity index (χ1v) is 28.4. The molecule has 0 unspecified atom stereocenters. The third kappa shape index (κ3) is 30.0. The van der Waals surface area contributed by atoms with Crippen molar-refractivity contribution in [3.63, 3.8) is 0 Å². The van der Waals surface area contributed by atoms with Crippen molar-refractivity contribution in [1.29, 1.82) is 0 Å². The summed E-state index contributed by atoms with van der Waals surface area (Å²) in [7, 11) is 10.6. The number of nitrogens with zero attached hydrogens (tertiary/aromatic N) is 2. The van der Waals surface area contributed by atoms with Crippen LogP contribution in [0.4, 0.5) is 28.4 Å². The third-order valence-corrected chi connectivity index (χ3v) is 20.1. The maximum atomic E-state index is 5.45. The number of methoxy groups -OCH3 is 2. The van der Waals surface area contributed by atoms with E-state index in [0.29, 0.717) is 30.9 Å². The third-order valence-electron chi connectivity index (χ3n) is 10.6. The van der Waals surface area contributed by atoms with Crippen LogP contribution in [0.15, 0.2) is 132 Å². The quantitative estimate of drug-likeness (QED) is 0.100. The van der Waals surface area contributed by atoms with E-state index in [1.54, 1.807) is 20.3 Å². The van der Waals surface area contributed by atoms with Crippen LogP contribution in [0.25, 0.3) is 0 Å². The Morgan fingerprint density at radius 2 is 0.775 bits per heavy atom. The van der Waals surface area contributed by atoms with Gasteiger partial charge < -0.3 is 30.3 Å². The van der Waals surface area contributed by atoms with Crippen molar-refractivity contribution < 1.29 is 29.9 Å². The van der Waals surface area contributed by atoms with Crippen LogP contribution in [0.1, 0.15) is 130 Å². The molecule has 0 heterocycles. The number of nitrogens with two attached hydrogens (primary N) is 1. The van der Waals surface area contributed by atoms with Gasteiger partial charge in [-0.1, -0.05) is 64.0 Å². The summed E-state index contributed by atoms with van der Waals surface area (Å²) in [6.45, 7) is 45.3. The number of hydrogen-bond acceptors (Lipinski definition) is 6. The number of nitrogen functional groups attached to an aromatic ring is 1. The van der Waals surface area contributed by atoms with Gasteiger partial charge in [-0.3, -0.25) is 0 Å². The standard InChI is InChI=1S/C15H18N2O.2C12H27P.C8H10BrN.C7H9NO.C7H8.Pd/c1-17(2)14-9-7-12(8-10-14)16-13-5-4-6-15(11-13)18-3;2*1-10(2,3)13(11(4,5)6)12(7,8)9;1-10(2)8-5-3-7(9)4-6-8;1-9-7-4-2-3-6(8)5-7;1-7-5-3-2-4-6-7;/h4-11,16H,1-3H3;2*1-9H3;3-6H,1-2H3;2-5H,8H2,1H3;2-6H,1H3;/p+2. The summed E-state index contributed by atoms with van der Waals surface area (Å²) >= 11 is 3.38. The molecule has 0 amide bonds. The molecule has 0 spiro atoms. The summed E-state index contributed by atoms with van der Waals surface area (Å²) in [6, 6.07) is 42.0. The first-order valence-electron chi connectivity index (χ1n) is 24.6. The van der Waals surface area contributed by atoms with E-state index < -0.39 is 15.8 Å². The van der Waals surface area contributed by atoms with Gasteiger partial charge >= 0.3 is 0 Å². The monoisotopic (exact) mass is 1170 g/mol. The molecule has 0 bridgehead atoms.